The van der Waals surface area contributed by atoms with E-state index in [1.54, 1.807) is 18.4 Å². The van der Waals surface area contributed by atoms with E-state index in [0.717, 1.165) is 46.4 Å². The second kappa shape index (κ2) is 7.34. The lowest BCUT2D eigenvalue weighted by Crippen LogP contribution is -2.39. The zero-order chi connectivity index (χ0) is 17.1. The van der Waals surface area contributed by atoms with Crippen molar-refractivity contribution in [2.24, 2.45) is 5.92 Å². The second-order valence-corrected chi connectivity index (χ2v) is 7.61. The highest BCUT2D eigenvalue weighted by Gasteiger charge is 2.22. The van der Waals surface area contributed by atoms with Crippen LogP contribution in [-0.4, -0.2) is 36.0 Å². The van der Waals surface area contributed by atoms with Gasteiger partial charge in [-0.3, -0.25) is 4.79 Å². The van der Waals surface area contributed by atoms with Crippen LogP contribution in [0.5, 0.6) is 5.75 Å². The fourth-order valence-corrected chi connectivity index (χ4v) is 4.19. The van der Waals surface area contributed by atoms with E-state index in [2.05, 4.69) is 11.9 Å². The molecule has 1 fully saturated rings. The quantitative estimate of drug-likeness (QED) is 0.844. The summed E-state index contributed by atoms with van der Waals surface area (Å²) in [5.41, 5.74) is 1.99. The second-order valence-electron chi connectivity index (χ2n) is 6.52. The van der Waals surface area contributed by atoms with Gasteiger partial charge in [-0.15, -0.1) is 11.3 Å². The maximum atomic E-state index is 12.6. The standard InChI is InChI=1S/C19H24N2O2S/c1-13-6-5-9-21(12-13)18(22)11-17-14(2)20-19(24-17)15-7-4-8-16(10-15)23-3/h4,7-8,10,13H,5-6,9,11-12H2,1-3H3. The van der Waals surface area contributed by atoms with Crippen molar-refractivity contribution in [3.05, 3.63) is 34.8 Å². The van der Waals surface area contributed by atoms with Crippen LogP contribution in [0.15, 0.2) is 24.3 Å². The van der Waals surface area contributed by atoms with Gasteiger partial charge >= 0.3 is 0 Å². The van der Waals surface area contributed by atoms with Crippen molar-refractivity contribution in [2.45, 2.75) is 33.1 Å². The Hall–Kier alpha value is -1.88. The monoisotopic (exact) mass is 344 g/mol. The summed E-state index contributed by atoms with van der Waals surface area (Å²) in [6.07, 6.45) is 2.80. The van der Waals surface area contributed by atoms with Crippen LogP contribution in [0.25, 0.3) is 10.6 Å². The van der Waals surface area contributed by atoms with Crippen molar-refractivity contribution >= 4 is 17.2 Å². The lowest BCUT2D eigenvalue weighted by atomic mass is 10.00. The zero-order valence-corrected chi connectivity index (χ0v) is 15.4. The molecule has 1 aromatic carbocycles. The number of hydrogen-bond acceptors (Lipinski definition) is 4. The summed E-state index contributed by atoms with van der Waals surface area (Å²) in [4.78, 5) is 20.3. The number of benzene rings is 1. The van der Waals surface area contributed by atoms with E-state index in [1.807, 2.05) is 36.1 Å². The minimum atomic E-state index is 0.227. The number of aryl methyl sites for hydroxylation is 1. The number of nitrogens with zero attached hydrogens (tertiary/aromatic N) is 2. The van der Waals surface area contributed by atoms with Gasteiger partial charge in [0.15, 0.2) is 0 Å². The first kappa shape index (κ1) is 17.0. The van der Waals surface area contributed by atoms with E-state index in [9.17, 15) is 4.79 Å². The summed E-state index contributed by atoms with van der Waals surface area (Å²) in [6.45, 7) is 5.99. The molecule has 0 radical (unpaired) electrons. The number of aromatic nitrogens is 1. The van der Waals surface area contributed by atoms with E-state index in [-0.39, 0.29) is 5.91 Å². The smallest absolute Gasteiger partial charge is 0.227 e. The van der Waals surface area contributed by atoms with Gasteiger partial charge in [0, 0.05) is 23.5 Å². The fourth-order valence-electron chi connectivity index (χ4n) is 3.14. The Labute approximate surface area is 147 Å². The molecule has 1 aliphatic heterocycles. The Balaban J connectivity index is 1.75. The maximum absolute atomic E-state index is 12.6. The van der Waals surface area contributed by atoms with Gasteiger partial charge in [-0.1, -0.05) is 19.1 Å². The molecule has 1 amide bonds. The molecule has 0 aliphatic carbocycles. The number of carbonyl (C=O) groups is 1. The number of methoxy groups -OCH3 is 1. The first-order valence-corrected chi connectivity index (χ1v) is 9.27. The molecule has 2 aromatic rings. The summed E-state index contributed by atoms with van der Waals surface area (Å²) in [7, 11) is 1.66. The molecule has 0 bridgehead atoms. The predicted molar refractivity (Wildman–Crippen MR) is 97.5 cm³/mol. The number of thiazole rings is 1. The summed E-state index contributed by atoms with van der Waals surface area (Å²) < 4.78 is 5.28. The number of carbonyl (C=O) groups excluding carboxylic acids is 1. The highest BCUT2D eigenvalue weighted by Crippen LogP contribution is 2.30. The Morgan fingerprint density at radius 1 is 1.46 bits per heavy atom. The third kappa shape index (κ3) is 3.78. The molecular formula is C19H24N2O2S. The van der Waals surface area contributed by atoms with Crippen LogP contribution in [0.3, 0.4) is 0 Å². The largest absolute Gasteiger partial charge is 0.497 e. The topological polar surface area (TPSA) is 42.4 Å². The van der Waals surface area contributed by atoms with E-state index in [4.69, 9.17) is 4.74 Å². The van der Waals surface area contributed by atoms with Gasteiger partial charge in [0.2, 0.25) is 5.91 Å². The van der Waals surface area contributed by atoms with E-state index >= 15 is 0 Å². The van der Waals surface area contributed by atoms with Crippen molar-refractivity contribution < 1.29 is 9.53 Å². The van der Waals surface area contributed by atoms with Gasteiger partial charge in [0.1, 0.15) is 10.8 Å². The number of piperidine rings is 1. The van der Waals surface area contributed by atoms with Crippen LogP contribution < -0.4 is 4.74 Å². The summed E-state index contributed by atoms with van der Waals surface area (Å²) in [5.74, 6) is 1.66. The summed E-state index contributed by atoms with van der Waals surface area (Å²) in [6, 6.07) is 7.89. The molecule has 5 heteroatoms. The molecule has 0 N–H and O–H groups in total. The van der Waals surface area contributed by atoms with Crippen LogP contribution in [0.1, 0.15) is 30.3 Å². The van der Waals surface area contributed by atoms with Crippen molar-refractivity contribution in [1.82, 2.24) is 9.88 Å². The van der Waals surface area contributed by atoms with E-state index in [1.165, 1.54) is 6.42 Å². The zero-order valence-electron chi connectivity index (χ0n) is 14.5. The molecular weight excluding hydrogens is 320 g/mol. The highest BCUT2D eigenvalue weighted by atomic mass is 32.1. The molecule has 4 nitrogen and oxygen atoms in total. The number of amides is 1. The molecule has 0 saturated carbocycles. The van der Waals surface area contributed by atoms with Crippen molar-refractivity contribution in [3.63, 3.8) is 0 Å². The summed E-state index contributed by atoms with van der Waals surface area (Å²) >= 11 is 1.61. The number of hydrogen-bond donors (Lipinski definition) is 0. The first-order chi connectivity index (χ1) is 11.6. The maximum Gasteiger partial charge on any atom is 0.227 e. The molecule has 1 saturated heterocycles. The minimum Gasteiger partial charge on any atom is -0.497 e. The minimum absolute atomic E-state index is 0.227. The van der Waals surface area contributed by atoms with Crippen LogP contribution in [0.2, 0.25) is 0 Å². The van der Waals surface area contributed by atoms with Crippen molar-refractivity contribution in [2.75, 3.05) is 20.2 Å². The average Bonchev–Trinajstić information content (AvgIpc) is 2.95. The van der Waals surface area contributed by atoms with Gasteiger partial charge in [-0.05, 0) is 37.8 Å². The third-order valence-corrected chi connectivity index (χ3v) is 5.74. The molecule has 1 unspecified atom stereocenters. The normalized spacial score (nSPS) is 17.8. The first-order valence-electron chi connectivity index (χ1n) is 8.45. The highest BCUT2D eigenvalue weighted by molar-refractivity contribution is 7.15. The molecule has 1 atom stereocenters. The number of likely N-dealkylation sites (tertiary alicyclic amines) is 1. The fraction of sp³-hybridized carbons (Fsp3) is 0.474. The van der Waals surface area contributed by atoms with Gasteiger partial charge in [-0.25, -0.2) is 4.98 Å². The SMILES string of the molecule is COc1cccc(-c2nc(C)c(CC(=O)N3CCCC(C)C3)s2)c1. The molecule has 128 valence electrons. The van der Waals surface area contributed by atoms with Gasteiger partial charge < -0.3 is 9.64 Å². The number of ether oxygens (including phenoxy) is 1. The lowest BCUT2D eigenvalue weighted by molar-refractivity contribution is -0.132. The van der Waals surface area contributed by atoms with Crippen molar-refractivity contribution in [3.8, 4) is 16.3 Å². The average molecular weight is 344 g/mol. The van der Waals surface area contributed by atoms with Gasteiger partial charge in [-0.2, -0.15) is 0 Å². The Morgan fingerprint density at radius 2 is 2.29 bits per heavy atom. The number of rotatable bonds is 4. The molecule has 24 heavy (non-hydrogen) atoms. The molecule has 0 spiro atoms. The van der Waals surface area contributed by atoms with Crippen LogP contribution in [0.4, 0.5) is 0 Å². The lowest BCUT2D eigenvalue weighted by Gasteiger charge is -2.30. The van der Waals surface area contributed by atoms with Crippen molar-refractivity contribution in [1.29, 1.82) is 0 Å². The van der Waals surface area contributed by atoms with Crippen LogP contribution >= 0.6 is 11.3 Å². The van der Waals surface area contributed by atoms with E-state index in [0.29, 0.717) is 12.3 Å². The van der Waals surface area contributed by atoms with Crippen LogP contribution in [-0.2, 0) is 11.2 Å². The molecule has 3 rings (SSSR count). The third-order valence-electron chi connectivity index (χ3n) is 4.53. The van der Waals surface area contributed by atoms with E-state index < -0.39 is 0 Å². The molecule has 1 aliphatic rings. The van der Waals surface area contributed by atoms with Gasteiger partial charge in [0.05, 0.1) is 19.2 Å². The summed E-state index contributed by atoms with van der Waals surface area (Å²) in [5, 5.41) is 0.946. The Bertz CT molecular complexity index is 726. The predicted octanol–water partition coefficient (Wildman–Crippen LogP) is 3.93. The Kier molecular flexibility index (Phi) is 5.19. The molecule has 2 heterocycles. The Morgan fingerprint density at radius 3 is 3.04 bits per heavy atom. The molecule has 1 aromatic heterocycles. The van der Waals surface area contributed by atoms with Crippen LogP contribution in [0, 0.1) is 12.8 Å². The van der Waals surface area contributed by atoms with Gasteiger partial charge in [0.25, 0.3) is 0 Å².